The van der Waals surface area contributed by atoms with Crippen LogP contribution in [0.15, 0.2) is 71.8 Å². The van der Waals surface area contributed by atoms with Gasteiger partial charge in [-0.1, -0.05) is 39.3 Å². The molecular weight excluding hydrogens is 468 g/mol. The van der Waals surface area contributed by atoms with E-state index in [0.29, 0.717) is 29.4 Å². The topological polar surface area (TPSA) is 94.9 Å². The van der Waals surface area contributed by atoms with Crippen LogP contribution in [0.25, 0.3) is 22.4 Å². The van der Waals surface area contributed by atoms with Crippen molar-refractivity contribution in [1.82, 2.24) is 23.8 Å². The maximum atomic E-state index is 12.9. The van der Waals surface area contributed by atoms with Crippen LogP contribution in [0.2, 0.25) is 0 Å². The van der Waals surface area contributed by atoms with Crippen LogP contribution in [0.4, 0.5) is 5.69 Å². The largest absolute Gasteiger partial charge is 0.494 e. The van der Waals surface area contributed by atoms with E-state index in [0.717, 1.165) is 29.8 Å². The van der Waals surface area contributed by atoms with Crippen LogP contribution < -0.4 is 15.7 Å². The lowest BCUT2D eigenvalue weighted by molar-refractivity contribution is -0.117. The predicted octanol–water partition coefficient (Wildman–Crippen LogP) is 4.75. The lowest BCUT2D eigenvalue weighted by Crippen LogP contribution is -2.28. The molecular formula is C28H30N6O3. The summed E-state index contributed by atoms with van der Waals surface area (Å²) in [7, 11) is 0. The molecule has 0 bridgehead atoms. The molecule has 0 saturated carbocycles. The molecule has 2 aromatic carbocycles. The summed E-state index contributed by atoms with van der Waals surface area (Å²) in [5.41, 5.74) is 4.25. The number of nitrogens with zero attached hydrogens (tertiary/aromatic N) is 5. The number of fused-ring (bicyclic) bond motifs is 3. The van der Waals surface area contributed by atoms with E-state index in [2.05, 4.69) is 36.3 Å². The summed E-state index contributed by atoms with van der Waals surface area (Å²) in [5.74, 6) is 0.906. The summed E-state index contributed by atoms with van der Waals surface area (Å²) in [6, 6.07) is 17.4. The Hall–Kier alpha value is -4.40. The summed E-state index contributed by atoms with van der Waals surface area (Å²) in [4.78, 5) is 25.6. The monoisotopic (exact) mass is 498 g/mol. The van der Waals surface area contributed by atoms with Crippen molar-refractivity contribution >= 4 is 22.8 Å². The molecule has 0 unspecified atom stereocenters. The number of aromatic nitrogens is 5. The van der Waals surface area contributed by atoms with Crippen LogP contribution in [-0.4, -0.2) is 36.3 Å². The van der Waals surface area contributed by atoms with E-state index >= 15 is 0 Å². The molecule has 9 nitrogen and oxygen atoms in total. The van der Waals surface area contributed by atoms with Gasteiger partial charge in [0.25, 0.3) is 0 Å². The minimum Gasteiger partial charge on any atom is -0.494 e. The molecule has 0 fully saturated rings. The van der Waals surface area contributed by atoms with Crippen LogP contribution in [0, 0.1) is 0 Å². The number of unbranched alkanes of at least 4 members (excludes halogenated alkanes) is 1. The maximum absolute atomic E-state index is 12.9. The summed E-state index contributed by atoms with van der Waals surface area (Å²) in [6.45, 7) is 6.86. The van der Waals surface area contributed by atoms with Crippen molar-refractivity contribution in [3.8, 4) is 17.0 Å². The highest BCUT2D eigenvalue weighted by atomic mass is 16.5. The molecule has 3 aromatic heterocycles. The number of nitrogens with one attached hydrogen (secondary N) is 1. The zero-order valence-corrected chi connectivity index (χ0v) is 21.2. The van der Waals surface area contributed by atoms with Crippen molar-refractivity contribution in [2.24, 2.45) is 0 Å². The lowest BCUT2D eigenvalue weighted by atomic mass is 10.0. The Morgan fingerprint density at radius 1 is 1.03 bits per heavy atom. The third kappa shape index (κ3) is 5.11. The third-order valence-corrected chi connectivity index (χ3v) is 6.26. The van der Waals surface area contributed by atoms with Crippen molar-refractivity contribution in [2.45, 2.75) is 46.1 Å². The molecule has 0 aliphatic heterocycles. The van der Waals surface area contributed by atoms with Crippen LogP contribution in [-0.2, 0) is 11.3 Å². The Morgan fingerprint density at radius 3 is 2.49 bits per heavy atom. The van der Waals surface area contributed by atoms with Gasteiger partial charge in [-0.15, -0.1) is 5.10 Å². The minimum absolute atomic E-state index is 0.195. The number of ether oxygens (including phenoxy) is 1. The van der Waals surface area contributed by atoms with Gasteiger partial charge in [0.15, 0.2) is 5.65 Å². The first-order chi connectivity index (χ1) is 17.9. The van der Waals surface area contributed by atoms with Gasteiger partial charge in [0.05, 0.1) is 12.3 Å². The smallest absolute Gasteiger partial charge is 0.350 e. The van der Waals surface area contributed by atoms with Gasteiger partial charge >= 0.3 is 5.69 Å². The van der Waals surface area contributed by atoms with Gasteiger partial charge in [0.1, 0.15) is 17.8 Å². The number of rotatable bonds is 9. The summed E-state index contributed by atoms with van der Waals surface area (Å²) >= 11 is 0. The second-order valence-corrected chi connectivity index (χ2v) is 9.34. The number of carbonyl (C=O) groups excluding carboxylic acids is 1. The zero-order chi connectivity index (χ0) is 25.9. The van der Waals surface area contributed by atoms with E-state index in [9.17, 15) is 9.59 Å². The standard InChI is InChI=1S/C28H30N6O3/c1-4-5-16-37-23-12-8-21(9-13-23)24-17-25-27-31-34(28(36)32(27)14-15-33(25)30-24)18-26(35)29-22-10-6-20(7-11-22)19(2)3/h6-15,17,19H,4-5,16,18H2,1-3H3,(H,29,35). The molecule has 0 atom stereocenters. The van der Waals surface area contributed by atoms with E-state index in [1.807, 2.05) is 54.6 Å². The van der Waals surface area contributed by atoms with Gasteiger partial charge < -0.3 is 10.1 Å². The Balaban J connectivity index is 1.36. The van der Waals surface area contributed by atoms with Crippen molar-refractivity contribution < 1.29 is 9.53 Å². The van der Waals surface area contributed by atoms with Crippen molar-refractivity contribution in [2.75, 3.05) is 11.9 Å². The van der Waals surface area contributed by atoms with Gasteiger partial charge in [0, 0.05) is 23.6 Å². The SMILES string of the molecule is CCCCOc1ccc(-c2cc3c4nn(CC(=O)Nc5ccc(C(C)C)cc5)c(=O)n4ccn3n2)cc1. The normalized spacial score (nSPS) is 11.5. The zero-order valence-electron chi connectivity index (χ0n) is 21.2. The molecule has 0 saturated heterocycles. The van der Waals surface area contributed by atoms with E-state index in [1.165, 1.54) is 14.6 Å². The van der Waals surface area contributed by atoms with E-state index in [1.54, 1.807) is 16.9 Å². The Kier molecular flexibility index (Phi) is 6.76. The first-order valence-corrected chi connectivity index (χ1v) is 12.5. The fourth-order valence-electron chi connectivity index (χ4n) is 4.12. The molecule has 0 radical (unpaired) electrons. The molecule has 5 rings (SSSR count). The third-order valence-electron chi connectivity index (χ3n) is 6.26. The Labute approximate surface area is 214 Å². The van der Waals surface area contributed by atoms with Crippen LogP contribution >= 0.6 is 0 Å². The predicted molar refractivity (Wildman–Crippen MR) is 143 cm³/mol. The summed E-state index contributed by atoms with van der Waals surface area (Å²) < 4.78 is 10.0. The highest BCUT2D eigenvalue weighted by molar-refractivity contribution is 5.90. The van der Waals surface area contributed by atoms with Gasteiger partial charge in [-0.2, -0.15) is 5.10 Å². The summed E-state index contributed by atoms with van der Waals surface area (Å²) in [5, 5.41) is 11.9. The first kappa shape index (κ1) is 24.3. The van der Waals surface area contributed by atoms with Gasteiger partial charge in [-0.05, 0) is 60.4 Å². The fraction of sp³-hybridized carbons (Fsp3) is 0.286. The molecule has 5 aromatic rings. The van der Waals surface area contributed by atoms with Crippen molar-refractivity contribution in [3.05, 3.63) is 83.0 Å². The number of anilines is 1. The van der Waals surface area contributed by atoms with Crippen molar-refractivity contribution in [3.63, 3.8) is 0 Å². The molecule has 0 aliphatic carbocycles. The maximum Gasteiger partial charge on any atom is 0.350 e. The first-order valence-electron chi connectivity index (χ1n) is 12.5. The molecule has 190 valence electrons. The number of hydrogen-bond acceptors (Lipinski definition) is 5. The highest BCUT2D eigenvalue weighted by Crippen LogP contribution is 2.24. The number of amides is 1. The second-order valence-electron chi connectivity index (χ2n) is 9.34. The molecule has 1 amide bonds. The average molecular weight is 499 g/mol. The minimum atomic E-state index is -0.390. The van der Waals surface area contributed by atoms with Crippen LogP contribution in [0.1, 0.15) is 45.1 Å². The highest BCUT2D eigenvalue weighted by Gasteiger charge is 2.15. The summed E-state index contributed by atoms with van der Waals surface area (Å²) in [6.07, 6.45) is 5.42. The van der Waals surface area contributed by atoms with Gasteiger partial charge in [-0.3, -0.25) is 4.79 Å². The number of carbonyl (C=O) groups is 1. The van der Waals surface area contributed by atoms with Crippen molar-refractivity contribution in [1.29, 1.82) is 0 Å². The molecule has 3 heterocycles. The van der Waals surface area contributed by atoms with Crippen LogP contribution in [0.3, 0.4) is 0 Å². The fourth-order valence-corrected chi connectivity index (χ4v) is 4.12. The van der Waals surface area contributed by atoms with E-state index < -0.39 is 0 Å². The Morgan fingerprint density at radius 2 is 1.78 bits per heavy atom. The van der Waals surface area contributed by atoms with E-state index in [4.69, 9.17) is 4.74 Å². The average Bonchev–Trinajstić information content (AvgIpc) is 3.46. The van der Waals surface area contributed by atoms with Crippen LogP contribution in [0.5, 0.6) is 5.75 Å². The number of benzene rings is 2. The molecule has 9 heteroatoms. The van der Waals surface area contributed by atoms with Gasteiger partial charge in [-0.25, -0.2) is 18.4 Å². The molecule has 0 aliphatic rings. The Bertz CT molecular complexity index is 1590. The number of hydrogen-bond donors (Lipinski definition) is 1. The molecule has 37 heavy (non-hydrogen) atoms. The second kappa shape index (κ2) is 10.3. The molecule has 0 spiro atoms. The quantitative estimate of drug-likeness (QED) is 0.296. The molecule has 1 N–H and O–H groups in total. The van der Waals surface area contributed by atoms with E-state index in [-0.39, 0.29) is 18.1 Å². The lowest BCUT2D eigenvalue weighted by Gasteiger charge is -2.08. The van der Waals surface area contributed by atoms with Gasteiger partial charge in [0.2, 0.25) is 5.91 Å².